The first-order valence-corrected chi connectivity index (χ1v) is 13.6. The molecule has 1 saturated carbocycles. The van der Waals surface area contributed by atoms with E-state index in [1.165, 1.54) is 57.8 Å². The number of hydrogen-bond acceptors (Lipinski definition) is 4. The van der Waals surface area contributed by atoms with Crippen molar-refractivity contribution in [3.05, 3.63) is 59.7 Å². The number of ether oxygens (including phenoxy) is 2. The van der Waals surface area contributed by atoms with Gasteiger partial charge in [-0.3, -0.25) is 0 Å². The molecule has 4 heteroatoms. The number of rotatable bonds is 16. The number of unbranched alkanes of at least 4 members (excludes halogenated alkanes) is 8. The summed E-state index contributed by atoms with van der Waals surface area (Å²) >= 11 is 0. The monoisotopic (exact) mass is 475 g/mol. The first-order valence-electron chi connectivity index (χ1n) is 13.6. The predicted molar refractivity (Wildman–Crippen MR) is 141 cm³/mol. The van der Waals surface area contributed by atoms with E-state index in [0.29, 0.717) is 23.8 Å². The average Bonchev–Trinajstić information content (AvgIpc) is 3.61. The highest BCUT2D eigenvalue weighted by Gasteiger charge is 2.55. The van der Waals surface area contributed by atoms with Gasteiger partial charge in [0, 0.05) is 0 Å². The molecule has 0 heterocycles. The van der Waals surface area contributed by atoms with Gasteiger partial charge < -0.3 is 9.47 Å². The second-order valence-electron chi connectivity index (χ2n) is 9.89. The second-order valence-corrected chi connectivity index (χ2v) is 9.89. The van der Waals surface area contributed by atoms with Crippen LogP contribution in [0.5, 0.6) is 11.5 Å². The van der Waals surface area contributed by atoms with Gasteiger partial charge in [-0.05, 0) is 67.1 Å². The van der Waals surface area contributed by atoms with E-state index in [0.717, 1.165) is 30.6 Å². The summed E-state index contributed by atoms with van der Waals surface area (Å²) in [6, 6.07) is 17.2. The Kier molecular flexibility index (Phi) is 10.7. The molecular weight excluding hydrogens is 434 g/mol. The molecular formula is C31H41NO3. The molecule has 0 aromatic heterocycles. The van der Waals surface area contributed by atoms with Gasteiger partial charge >= 0.3 is 5.97 Å². The molecule has 2 atom stereocenters. The number of nitriles is 1. The maximum absolute atomic E-state index is 12.6. The van der Waals surface area contributed by atoms with E-state index in [2.05, 4.69) is 19.9 Å². The molecule has 4 nitrogen and oxygen atoms in total. The third-order valence-electron chi connectivity index (χ3n) is 7.15. The zero-order valence-corrected chi connectivity index (χ0v) is 21.6. The third-order valence-corrected chi connectivity index (χ3v) is 7.15. The Balaban J connectivity index is 1.44. The second kappa shape index (κ2) is 13.9. The molecule has 1 aliphatic carbocycles. The summed E-state index contributed by atoms with van der Waals surface area (Å²) in [7, 11) is 0. The minimum absolute atomic E-state index is 0.361. The molecule has 0 saturated heterocycles. The first kappa shape index (κ1) is 26.8. The van der Waals surface area contributed by atoms with Crippen LogP contribution >= 0.6 is 0 Å². The molecule has 0 spiro atoms. The van der Waals surface area contributed by atoms with Crippen molar-refractivity contribution in [2.24, 2.45) is 5.92 Å². The van der Waals surface area contributed by atoms with Gasteiger partial charge in [-0.25, -0.2) is 4.79 Å². The van der Waals surface area contributed by atoms with E-state index in [1.54, 1.807) is 24.3 Å². The van der Waals surface area contributed by atoms with Gasteiger partial charge in [-0.15, -0.1) is 0 Å². The van der Waals surface area contributed by atoms with Crippen LogP contribution < -0.4 is 9.47 Å². The van der Waals surface area contributed by atoms with Crippen molar-refractivity contribution >= 4 is 5.97 Å². The minimum Gasteiger partial charge on any atom is -0.494 e. The van der Waals surface area contributed by atoms with E-state index in [4.69, 9.17) is 9.47 Å². The molecule has 0 radical (unpaired) electrons. The maximum Gasteiger partial charge on any atom is 0.343 e. The van der Waals surface area contributed by atoms with Crippen LogP contribution in [0.25, 0.3) is 0 Å². The highest BCUT2D eigenvalue weighted by atomic mass is 16.5. The van der Waals surface area contributed by atoms with Crippen LogP contribution in [0, 0.1) is 17.2 Å². The van der Waals surface area contributed by atoms with E-state index >= 15 is 0 Å². The summed E-state index contributed by atoms with van der Waals surface area (Å²) in [4.78, 5) is 12.6. The lowest BCUT2D eigenvalue weighted by Crippen LogP contribution is -2.10. The van der Waals surface area contributed by atoms with Crippen molar-refractivity contribution in [1.29, 1.82) is 5.26 Å². The van der Waals surface area contributed by atoms with Crippen LogP contribution in [0.4, 0.5) is 0 Å². The Hall–Kier alpha value is -2.80. The Morgan fingerprint density at radius 3 is 2.11 bits per heavy atom. The summed E-state index contributed by atoms with van der Waals surface area (Å²) in [6.07, 6.45) is 14.4. The van der Waals surface area contributed by atoms with Crippen molar-refractivity contribution < 1.29 is 14.3 Å². The summed E-state index contributed by atoms with van der Waals surface area (Å²) in [6.45, 7) is 5.14. The first-order chi connectivity index (χ1) is 17.1. The van der Waals surface area contributed by atoms with Crippen LogP contribution in [0.15, 0.2) is 48.5 Å². The van der Waals surface area contributed by atoms with Crippen molar-refractivity contribution in [2.45, 2.75) is 96.3 Å². The molecule has 0 N–H and O–H groups in total. The summed E-state index contributed by atoms with van der Waals surface area (Å²) in [5.74, 6) is 1.32. The Morgan fingerprint density at radius 2 is 1.46 bits per heavy atom. The molecule has 188 valence electrons. The summed E-state index contributed by atoms with van der Waals surface area (Å²) < 4.78 is 11.4. The maximum atomic E-state index is 12.6. The highest BCUT2D eigenvalue weighted by molar-refractivity contribution is 5.91. The number of hydrogen-bond donors (Lipinski definition) is 0. The predicted octanol–water partition coefficient (Wildman–Crippen LogP) is 8.40. The normalized spacial score (nSPS) is 18.6. The zero-order valence-electron chi connectivity index (χ0n) is 21.6. The number of benzene rings is 2. The van der Waals surface area contributed by atoms with Gasteiger partial charge in [-0.2, -0.15) is 5.26 Å². The van der Waals surface area contributed by atoms with Crippen LogP contribution in [-0.2, 0) is 5.41 Å². The Morgan fingerprint density at radius 1 is 0.857 bits per heavy atom. The van der Waals surface area contributed by atoms with Gasteiger partial charge in [0.2, 0.25) is 0 Å². The lowest BCUT2D eigenvalue weighted by atomic mass is 9.93. The summed E-state index contributed by atoms with van der Waals surface area (Å²) in [5.41, 5.74) is 1.16. The molecule has 1 aliphatic rings. The fourth-order valence-electron chi connectivity index (χ4n) is 4.80. The molecule has 2 aromatic rings. The number of nitrogens with zero attached hydrogens (tertiary/aromatic N) is 1. The number of carbonyl (C=O) groups is 1. The SMILES string of the molecule is CCCCCCCCOc1ccc(C(=O)Oc2ccc(C3(C#N)CC3CCCCCC)cc2)cc1. The molecule has 0 amide bonds. The standard InChI is InChI=1S/C31H41NO3/c1-3-5-7-9-10-12-22-34-28-18-14-25(15-19-28)30(33)35-29-20-16-26(17-21-29)31(24-32)23-27(31)13-11-8-6-4-2/h14-21,27H,3-13,22-23H2,1-2H3. The van der Waals surface area contributed by atoms with E-state index in [9.17, 15) is 10.1 Å². The topological polar surface area (TPSA) is 59.3 Å². The van der Waals surface area contributed by atoms with Gasteiger partial charge in [0.05, 0.1) is 23.7 Å². The lowest BCUT2D eigenvalue weighted by Gasteiger charge is -2.11. The van der Waals surface area contributed by atoms with Gasteiger partial charge in [0.15, 0.2) is 0 Å². The minimum atomic E-state index is -0.393. The molecule has 0 bridgehead atoms. The molecule has 3 rings (SSSR count). The van der Waals surface area contributed by atoms with Gasteiger partial charge in [-0.1, -0.05) is 83.8 Å². The van der Waals surface area contributed by atoms with Crippen LogP contribution in [0.2, 0.25) is 0 Å². The number of carbonyl (C=O) groups excluding carboxylic acids is 1. The molecule has 2 unspecified atom stereocenters. The molecule has 0 aliphatic heterocycles. The highest BCUT2D eigenvalue weighted by Crippen LogP contribution is 2.56. The van der Waals surface area contributed by atoms with Crippen molar-refractivity contribution in [3.63, 3.8) is 0 Å². The molecule has 1 fully saturated rings. The van der Waals surface area contributed by atoms with Gasteiger partial charge in [0.25, 0.3) is 0 Å². The zero-order chi connectivity index (χ0) is 24.9. The van der Waals surface area contributed by atoms with Crippen molar-refractivity contribution in [3.8, 4) is 17.6 Å². The van der Waals surface area contributed by atoms with Crippen LogP contribution in [-0.4, -0.2) is 12.6 Å². The van der Waals surface area contributed by atoms with Crippen molar-refractivity contribution in [1.82, 2.24) is 0 Å². The van der Waals surface area contributed by atoms with Crippen LogP contribution in [0.1, 0.15) is 107 Å². The quantitative estimate of drug-likeness (QED) is 0.139. The van der Waals surface area contributed by atoms with Crippen LogP contribution in [0.3, 0.4) is 0 Å². The smallest absolute Gasteiger partial charge is 0.343 e. The Bertz CT molecular complexity index is 945. The molecule has 35 heavy (non-hydrogen) atoms. The Labute approximate surface area is 211 Å². The fourth-order valence-corrected chi connectivity index (χ4v) is 4.80. The van der Waals surface area contributed by atoms with Gasteiger partial charge in [0.1, 0.15) is 11.5 Å². The van der Waals surface area contributed by atoms with E-state index in [-0.39, 0.29) is 5.41 Å². The fraction of sp³-hybridized carbons (Fsp3) is 0.548. The average molecular weight is 476 g/mol. The molecule has 2 aromatic carbocycles. The number of esters is 1. The van der Waals surface area contributed by atoms with Crippen molar-refractivity contribution in [2.75, 3.05) is 6.61 Å². The van der Waals surface area contributed by atoms with E-state index in [1.807, 2.05) is 24.3 Å². The largest absolute Gasteiger partial charge is 0.494 e. The third kappa shape index (κ3) is 7.85. The lowest BCUT2D eigenvalue weighted by molar-refractivity contribution is 0.0734. The summed E-state index contributed by atoms with van der Waals surface area (Å²) in [5, 5.41) is 9.84. The van der Waals surface area contributed by atoms with E-state index < -0.39 is 5.97 Å².